The van der Waals surface area contributed by atoms with E-state index >= 15 is 0 Å². The van der Waals surface area contributed by atoms with Crippen molar-refractivity contribution in [2.45, 2.75) is 19.9 Å². The molecular weight excluding hydrogens is 228 g/mol. The summed E-state index contributed by atoms with van der Waals surface area (Å²) in [5.74, 6) is 0. The molecule has 4 nitrogen and oxygen atoms in total. The van der Waals surface area contributed by atoms with Crippen LogP contribution < -0.4 is 11.4 Å². The van der Waals surface area contributed by atoms with Crippen LogP contribution in [0, 0.1) is 0 Å². The maximum atomic E-state index is 11.8. The Hall–Kier alpha value is -1.94. The number of fused-ring (bicyclic) bond motifs is 1. The van der Waals surface area contributed by atoms with Crippen LogP contribution >= 0.6 is 0 Å². The molecule has 1 atom stereocenters. The van der Waals surface area contributed by atoms with Crippen molar-refractivity contribution in [1.29, 1.82) is 0 Å². The Kier molecular flexibility index (Phi) is 3.58. The van der Waals surface area contributed by atoms with Crippen LogP contribution in [0.4, 0.5) is 0 Å². The SMILES string of the molecule is CC(=NC[C@H](C)N)c1cc2ccccc2oc1=O. The molecule has 2 rings (SSSR count). The molecule has 2 N–H and O–H groups in total. The van der Waals surface area contributed by atoms with Crippen LogP contribution in [0.25, 0.3) is 11.0 Å². The molecule has 0 saturated heterocycles. The summed E-state index contributed by atoms with van der Waals surface area (Å²) >= 11 is 0. The molecule has 0 unspecified atom stereocenters. The monoisotopic (exact) mass is 244 g/mol. The molecule has 0 aliphatic heterocycles. The minimum atomic E-state index is -0.361. The predicted molar refractivity (Wildman–Crippen MR) is 73.2 cm³/mol. The van der Waals surface area contributed by atoms with Crippen molar-refractivity contribution in [2.75, 3.05) is 6.54 Å². The minimum absolute atomic E-state index is 0.0209. The van der Waals surface area contributed by atoms with Crippen molar-refractivity contribution in [2.24, 2.45) is 10.7 Å². The average Bonchev–Trinajstić information content (AvgIpc) is 2.35. The second-order valence-corrected chi connectivity index (χ2v) is 4.39. The van der Waals surface area contributed by atoms with Crippen LogP contribution in [0.15, 0.2) is 44.5 Å². The van der Waals surface area contributed by atoms with E-state index < -0.39 is 0 Å². The van der Waals surface area contributed by atoms with Gasteiger partial charge in [0, 0.05) is 17.1 Å². The lowest BCUT2D eigenvalue weighted by molar-refractivity contribution is 0.559. The summed E-state index contributed by atoms with van der Waals surface area (Å²) in [6.45, 7) is 4.17. The van der Waals surface area contributed by atoms with Crippen LogP contribution in [0.5, 0.6) is 0 Å². The Morgan fingerprint density at radius 3 is 2.89 bits per heavy atom. The fourth-order valence-corrected chi connectivity index (χ4v) is 1.68. The van der Waals surface area contributed by atoms with E-state index in [1.807, 2.05) is 25.1 Å². The van der Waals surface area contributed by atoms with Gasteiger partial charge < -0.3 is 10.2 Å². The van der Waals surface area contributed by atoms with E-state index in [0.717, 1.165) is 5.39 Å². The number of hydrogen-bond donors (Lipinski definition) is 1. The van der Waals surface area contributed by atoms with Crippen LogP contribution in [0.2, 0.25) is 0 Å². The molecule has 1 heterocycles. The van der Waals surface area contributed by atoms with Gasteiger partial charge in [0.05, 0.1) is 12.1 Å². The second kappa shape index (κ2) is 5.14. The van der Waals surface area contributed by atoms with Gasteiger partial charge in [0.15, 0.2) is 0 Å². The molecule has 0 saturated carbocycles. The quantitative estimate of drug-likeness (QED) is 0.662. The van der Waals surface area contributed by atoms with Gasteiger partial charge in [0.1, 0.15) is 5.58 Å². The first-order chi connectivity index (χ1) is 8.58. The van der Waals surface area contributed by atoms with Crippen LogP contribution in [0.1, 0.15) is 19.4 Å². The van der Waals surface area contributed by atoms with Crippen molar-refractivity contribution in [3.05, 3.63) is 46.3 Å². The van der Waals surface area contributed by atoms with E-state index in [-0.39, 0.29) is 11.7 Å². The number of nitrogens with two attached hydrogens (primary N) is 1. The molecule has 4 heteroatoms. The third-order valence-corrected chi connectivity index (χ3v) is 2.65. The summed E-state index contributed by atoms with van der Waals surface area (Å²) < 4.78 is 5.25. The Morgan fingerprint density at radius 1 is 1.44 bits per heavy atom. The first kappa shape index (κ1) is 12.5. The minimum Gasteiger partial charge on any atom is -0.422 e. The van der Waals surface area contributed by atoms with Gasteiger partial charge in [-0.3, -0.25) is 4.99 Å². The zero-order valence-electron chi connectivity index (χ0n) is 10.5. The Balaban J connectivity index is 2.48. The Labute approximate surface area is 105 Å². The number of benzene rings is 1. The smallest absolute Gasteiger partial charge is 0.345 e. The van der Waals surface area contributed by atoms with Gasteiger partial charge in [-0.1, -0.05) is 18.2 Å². The lowest BCUT2D eigenvalue weighted by Crippen LogP contribution is -2.20. The largest absolute Gasteiger partial charge is 0.422 e. The van der Waals surface area contributed by atoms with E-state index in [0.29, 0.717) is 23.4 Å². The van der Waals surface area contributed by atoms with Gasteiger partial charge in [-0.15, -0.1) is 0 Å². The molecule has 0 aliphatic carbocycles. The van der Waals surface area contributed by atoms with Gasteiger partial charge >= 0.3 is 5.63 Å². The number of aliphatic imine (C=N–C) groups is 1. The highest BCUT2D eigenvalue weighted by Gasteiger charge is 2.07. The molecule has 0 aliphatic rings. The molecule has 0 bridgehead atoms. The highest BCUT2D eigenvalue weighted by molar-refractivity contribution is 6.00. The van der Waals surface area contributed by atoms with Gasteiger partial charge in [0.2, 0.25) is 0 Å². The van der Waals surface area contributed by atoms with Crippen LogP contribution in [0.3, 0.4) is 0 Å². The molecule has 0 radical (unpaired) electrons. The fraction of sp³-hybridized carbons (Fsp3) is 0.286. The van der Waals surface area contributed by atoms with E-state index in [1.165, 1.54) is 0 Å². The van der Waals surface area contributed by atoms with E-state index in [4.69, 9.17) is 10.2 Å². The van der Waals surface area contributed by atoms with E-state index in [2.05, 4.69) is 4.99 Å². The van der Waals surface area contributed by atoms with Crippen LogP contribution in [-0.2, 0) is 0 Å². The normalized spacial score (nSPS) is 13.8. The number of nitrogens with zero attached hydrogens (tertiary/aromatic N) is 1. The zero-order chi connectivity index (χ0) is 13.1. The maximum absolute atomic E-state index is 11.8. The number of para-hydroxylation sites is 1. The zero-order valence-corrected chi connectivity index (χ0v) is 10.5. The van der Waals surface area contributed by atoms with Gasteiger partial charge in [-0.2, -0.15) is 0 Å². The molecule has 94 valence electrons. The van der Waals surface area contributed by atoms with Crippen molar-refractivity contribution in [1.82, 2.24) is 0 Å². The standard InChI is InChI=1S/C14H16N2O2/c1-9(15)8-16-10(2)12-7-11-5-3-4-6-13(11)18-14(12)17/h3-7,9H,8,15H2,1-2H3/t9-/m0/s1. The van der Waals surface area contributed by atoms with Crippen molar-refractivity contribution in [3.8, 4) is 0 Å². The third-order valence-electron chi connectivity index (χ3n) is 2.65. The molecule has 1 aromatic carbocycles. The third kappa shape index (κ3) is 2.65. The topological polar surface area (TPSA) is 68.6 Å². The van der Waals surface area contributed by atoms with E-state index in [9.17, 15) is 4.79 Å². The Morgan fingerprint density at radius 2 is 2.17 bits per heavy atom. The van der Waals surface area contributed by atoms with Gasteiger partial charge in [0.25, 0.3) is 0 Å². The summed E-state index contributed by atoms with van der Waals surface area (Å²) in [5.41, 5.74) is 7.02. The molecule has 1 aromatic heterocycles. The first-order valence-electron chi connectivity index (χ1n) is 5.88. The highest BCUT2D eigenvalue weighted by atomic mass is 16.4. The lowest BCUT2D eigenvalue weighted by atomic mass is 10.1. The molecule has 0 fully saturated rings. The summed E-state index contributed by atoms with van der Waals surface area (Å²) in [6.07, 6.45) is 0. The average molecular weight is 244 g/mol. The lowest BCUT2D eigenvalue weighted by Gasteiger charge is -2.03. The summed E-state index contributed by atoms with van der Waals surface area (Å²) in [5, 5.41) is 0.891. The summed E-state index contributed by atoms with van der Waals surface area (Å²) in [7, 11) is 0. The number of rotatable bonds is 3. The molecule has 0 amide bonds. The van der Waals surface area contributed by atoms with Gasteiger partial charge in [-0.25, -0.2) is 4.79 Å². The van der Waals surface area contributed by atoms with E-state index in [1.54, 1.807) is 19.1 Å². The second-order valence-electron chi connectivity index (χ2n) is 4.39. The Bertz CT molecular complexity index is 642. The van der Waals surface area contributed by atoms with Crippen LogP contribution in [-0.4, -0.2) is 18.3 Å². The molecule has 0 spiro atoms. The van der Waals surface area contributed by atoms with Gasteiger partial charge in [-0.05, 0) is 26.0 Å². The summed E-state index contributed by atoms with van der Waals surface area (Å²) in [6, 6.07) is 9.20. The number of hydrogen-bond acceptors (Lipinski definition) is 4. The summed E-state index contributed by atoms with van der Waals surface area (Å²) in [4.78, 5) is 16.1. The maximum Gasteiger partial charge on any atom is 0.345 e. The highest BCUT2D eigenvalue weighted by Crippen LogP contribution is 2.13. The van der Waals surface area contributed by atoms with Crippen molar-refractivity contribution in [3.63, 3.8) is 0 Å². The molecular formula is C14H16N2O2. The van der Waals surface area contributed by atoms with Crippen molar-refractivity contribution < 1.29 is 4.42 Å². The molecule has 2 aromatic rings. The molecule has 18 heavy (non-hydrogen) atoms. The predicted octanol–water partition coefficient (Wildman–Crippen LogP) is 1.95. The van der Waals surface area contributed by atoms with Crippen molar-refractivity contribution >= 4 is 16.7 Å². The fourth-order valence-electron chi connectivity index (χ4n) is 1.68. The first-order valence-corrected chi connectivity index (χ1v) is 5.88.